The van der Waals surface area contributed by atoms with Gasteiger partial charge < -0.3 is 5.73 Å². The fraction of sp³-hybridized carbons (Fsp3) is 1.00. The van der Waals surface area contributed by atoms with Gasteiger partial charge >= 0.3 is 0 Å². The third-order valence-electron chi connectivity index (χ3n) is 5.31. The minimum absolute atomic E-state index is 0.272. The zero-order chi connectivity index (χ0) is 13.3. The number of hydrogen-bond donors (Lipinski definition) is 1. The third-order valence-corrected chi connectivity index (χ3v) is 5.31. The Morgan fingerprint density at radius 3 is 2.39 bits per heavy atom. The van der Waals surface area contributed by atoms with Gasteiger partial charge in [-0.3, -0.25) is 9.80 Å². The highest BCUT2D eigenvalue weighted by Gasteiger charge is 2.45. The third kappa shape index (κ3) is 2.59. The van der Waals surface area contributed by atoms with Crippen LogP contribution in [0, 0.1) is 11.8 Å². The van der Waals surface area contributed by atoms with Crippen molar-refractivity contribution >= 4 is 0 Å². The number of nitrogens with zero attached hydrogens (tertiary/aromatic N) is 2. The molecule has 3 nitrogen and oxygen atoms in total. The van der Waals surface area contributed by atoms with Crippen LogP contribution in [0.2, 0.25) is 0 Å². The van der Waals surface area contributed by atoms with Gasteiger partial charge in [-0.15, -0.1) is 0 Å². The van der Waals surface area contributed by atoms with Crippen molar-refractivity contribution in [2.24, 2.45) is 17.6 Å². The molecule has 0 aromatic heterocycles. The van der Waals surface area contributed by atoms with Gasteiger partial charge in [0.2, 0.25) is 0 Å². The highest BCUT2D eigenvalue weighted by molar-refractivity contribution is 5.03. The minimum Gasteiger partial charge on any atom is -0.329 e. The average molecular weight is 253 g/mol. The molecule has 0 aromatic carbocycles. The molecular weight excluding hydrogens is 222 g/mol. The maximum absolute atomic E-state index is 6.16. The van der Waals surface area contributed by atoms with Crippen LogP contribution < -0.4 is 5.73 Å². The lowest BCUT2D eigenvalue weighted by Gasteiger charge is -2.38. The molecular formula is C15H31N3. The van der Waals surface area contributed by atoms with Crippen molar-refractivity contribution in [3.8, 4) is 0 Å². The highest BCUT2D eigenvalue weighted by atomic mass is 15.3. The Morgan fingerprint density at radius 2 is 1.94 bits per heavy atom. The van der Waals surface area contributed by atoms with Crippen molar-refractivity contribution < 1.29 is 0 Å². The summed E-state index contributed by atoms with van der Waals surface area (Å²) in [5, 5.41) is 0. The maximum Gasteiger partial charge on any atom is 0.0470 e. The van der Waals surface area contributed by atoms with Crippen LogP contribution in [0.3, 0.4) is 0 Å². The molecule has 0 bridgehead atoms. The Balaban J connectivity index is 2.02. The number of nitrogens with two attached hydrogens (primary N) is 1. The van der Waals surface area contributed by atoms with E-state index in [2.05, 4.69) is 37.5 Å². The number of likely N-dealkylation sites (tertiary alicyclic amines) is 2. The molecule has 2 aliphatic rings. The van der Waals surface area contributed by atoms with Gasteiger partial charge in [0.05, 0.1) is 0 Å². The highest BCUT2D eigenvalue weighted by Crippen LogP contribution is 2.34. The van der Waals surface area contributed by atoms with E-state index < -0.39 is 0 Å². The Bertz CT molecular complexity index is 277. The topological polar surface area (TPSA) is 32.5 Å². The van der Waals surface area contributed by atoms with Gasteiger partial charge in [0, 0.05) is 37.8 Å². The molecule has 0 radical (unpaired) electrons. The molecule has 2 heterocycles. The van der Waals surface area contributed by atoms with E-state index in [9.17, 15) is 0 Å². The predicted molar refractivity (Wildman–Crippen MR) is 77.6 cm³/mol. The molecule has 106 valence electrons. The van der Waals surface area contributed by atoms with Crippen LogP contribution in [0.25, 0.3) is 0 Å². The smallest absolute Gasteiger partial charge is 0.0470 e. The van der Waals surface area contributed by atoms with E-state index in [1.165, 1.54) is 39.0 Å². The molecule has 0 amide bonds. The Morgan fingerprint density at radius 1 is 1.22 bits per heavy atom. The van der Waals surface area contributed by atoms with Crippen LogP contribution in [0.5, 0.6) is 0 Å². The zero-order valence-corrected chi connectivity index (χ0v) is 12.7. The van der Waals surface area contributed by atoms with Crippen molar-refractivity contribution in [1.29, 1.82) is 0 Å². The molecule has 2 fully saturated rings. The first-order chi connectivity index (χ1) is 8.48. The largest absolute Gasteiger partial charge is 0.329 e. The second-order valence-electron chi connectivity index (χ2n) is 6.98. The van der Waals surface area contributed by atoms with E-state index in [4.69, 9.17) is 5.73 Å². The first-order valence-corrected chi connectivity index (χ1v) is 7.67. The molecule has 2 rings (SSSR count). The molecule has 0 aliphatic carbocycles. The van der Waals surface area contributed by atoms with E-state index >= 15 is 0 Å². The van der Waals surface area contributed by atoms with Gasteiger partial charge in [-0.2, -0.15) is 0 Å². The molecule has 18 heavy (non-hydrogen) atoms. The molecule has 0 aromatic rings. The standard InChI is InChI=1S/C15H31N3/c1-12(2)14-5-7-18(9-14)15(10-16)6-8-17(11-15)13(3)4/h12-14H,5-11,16H2,1-4H3. The predicted octanol–water partition coefficient (Wildman–Crippen LogP) is 1.78. The summed E-state index contributed by atoms with van der Waals surface area (Å²) in [6, 6.07) is 0.655. The van der Waals surface area contributed by atoms with Crippen molar-refractivity contribution in [3.63, 3.8) is 0 Å². The second-order valence-corrected chi connectivity index (χ2v) is 6.98. The van der Waals surface area contributed by atoms with E-state index in [0.717, 1.165) is 18.4 Å². The first kappa shape index (κ1) is 14.3. The van der Waals surface area contributed by atoms with Crippen molar-refractivity contribution in [2.75, 3.05) is 32.7 Å². The maximum atomic E-state index is 6.16. The SMILES string of the molecule is CC(C)C1CCN(C2(CN)CCN(C(C)C)C2)C1. The van der Waals surface area contributed by atoms with Gasteiger partial charge in [-0.25, -0.2) is 0 Å². The normalized spacial score (nSPS) is 35.2. The van der Waals surface area contributed by atoms with Gasteiger partial charge in [-0.1, -0.05) is 13.8 Å². The van der Waals surface area contributed by atoms with E-state index in [-0.39, 0.29) is 5.54 Å². The summed E-state index contributed by atoms with van der Waals surface area (Å²) in [5.41, 5.74) is 6.44. The van der Waals surface area contributed by atoms with Gasteiger partial charge in [0.1, 0.15) is 0 Å². The van der Waals surface area contributed by atoms with Crippen LogP contribution in [-0.4, -0.2) is 54.1 Å². The van der Waals surface area contributed by atoms with Crippen LogP contribution in [0.15, 0.2) is 0 Å². The van der Waals surface area contributed by atoms with Crippen molar-refractivity contribution in [2.45, 2.75) is 52.1 Å². The summed E-state index contributed by atoms with van der Waals surface area (Å²) >= 11 is 0. The molecule has 0 saturated carbocycles. The summed E-state index contributed by atoms with van der Waals surface area (Å²) in [7, 11) is 0. The van der Waals surface area contributed by atoms with E-state index in [1.807, 2.05) is 0 Å². The van der Waals surface area contributed by atoms with Crippen LogP contribution in [0.4, 0.5) is 0 Å². The number of rotatable bonds is 4. The molecule has 2 aliphatic heterocycles. The van der Waals surface area contributed by atoms with Crippen LogP contribution in [0.1, 0.15) is 40.5 Å². The van der Waals surface area contributed by atoms with Gasteiger partial charge in [-0.05, 0) is 45.1 Å². The van der Waals surface area contributed by atoms with E-state index in [0.29, 0.717) is 6.04 Å². The summed E-state index contributed by atoms with van der Waals surface area (Å²) in [5.74, 6) is 1.69. The summed E-state index contributed by atoms with van der Waals surface area (Å²) in [4.78, 5) is 5.30. The lowest BCUT2D eigenvalue weighted by atomic mass is 9.94. The summed E-state index contributed by atoms with van der Waals surface area (Å²) in [6.45, 7) is 15.1. The Labute approximate surface area is 113 Å². The Hall–Kier alpha value is -0.120. The molecule has 2 saturated heterocycles. The quantitative estimate of drug-likeness (QED) is 0.829. The lowest BCUT2D eigenvalue weighted by Crippen LogP contribution is -2.55. The minimum atomic E-state index is 0.272. The monoisotopic (exact) mass is 253 g/mol. The fourth-order valence-corrected chi connectivity index (χ4v) is 3.64. The van der Waals surface area contributed by atoms with Gasteiger partial charge in [0.15, 0.2) is 0 Å². The van der Waals surface area contributed by atoms with Crippen molar-refractivity contribution in [3.05, 3.63) is 0 Å². The zero-order valence-electron chi connectivity index (χ0n) is 12.7. The molecule has 2 unspecified atom stereocenters. The van der Waals surface area contributed by atoms with Gasteiger partial charge in [0.25, 0.3) is 0 Å². The average Bonchev–Trinajstić information content (AvgIpc) is 2.96. The lowest BCUT2D eigenvalue weighted by molar-refractivity contribution is 0.114. The number of hydrogen-bond acceptors (Lipinski definition) is 3. The molecule has 0 spiro atoms. The Kier molecular flexibility index (Phi) is 4.35. The molecule has 3 heteroatoms. The van der Waals surface area contributed by atoms with Crippen molar-refractivity contribution in [1.82, 2.24) is 9.80 Å². The summed E-state index contributed by atoms with van der Waals surface area (Å²) in [6.07, 6.45) is 2.62. The van der Waals surface area contributed by atoms with Crippen LogP contribution >= 0.6 is 0 Å². The van der Waals surface area contributed by atoms with Crippen LogP contribution in [-0.2, 0) is 0 Å². The summed E-state index contributed by atoms with van der Waals surface area (Å²) < 4.78 is 0. The fourth-order valence-electron chi connectivity index (χ4n) is 3.64. The second kappa shape index (κ2) is 5.48. The molecule has 2 N–H and O–H groups in total. The molecule has 2 atom stereocenters. The first-order valence-electron chi connectivity index (χ1n) is 7.67. The van der Waals surface area contributed by atoms with E-state index in [1.54, 1.807) is 0 Å².